The molecule has 0 saturated heterocycles. The van der Waals surface area contributed by atoms with E-state index in [4.69, 9.17) is 0 Å². The Labute approximate surface area is 344 Å². The molecule has 0 atom stereocenters. The normalized spacial score (nSPS) is 11.4. The van der Waals surface area contributed by atoms with Gasteiger partial charge in [0.05, 0.1) is 11.4 Å². The first kappa shape index (κ1) is 34.5. The highest BCUT2D eigenvalue weighted by molar-refractivity contribution is 6.17. The van der Waals surface area contributed by atoms with Gasteiger partial charge in [0.2, 0.25) is 0 Å². The van der Waals surface area contributed by atoms with Crippen LogP contribution in [0.15, 0.2) is 237 Å². The van der Waals surface area contributed by atoms with Crippen molar-refractivity contribution in [3.63, 3.8) is 0 Å². The standard InChI is InChI=1S/C58H39N/c1-4-20-41(21-5-1)57-53(54-39-43-24-11-13-29-46(43)47-30-14-15-32-50(47)54)36-38-56(58(57)42-22-6-2-7-23-42)59(44-26-8-3-9-27-44)55-37-35-51(49-31-16-17-33-52(49)55)48-34-18-25-40-19-10-12-28-45(40)48/h1-39H. The maximum absolute atomic E-state index is 2.48. The van der Waals surface area contributed by atoms with Gasteiger partial charge in [0.1, 0.15) is 0 Å². The van der Waals surface area contributed by atoms with Gasteiger partial charge in [0.25, 0.3) is 0 Å². The number of para-hydroxylation sites is 1. The lowest BCUT2D eigenvalue weighted by Gasteiger charge is -2.31. The molecule has 1 heteroatoms. The van der Waals surface area contributed by atoms with Gasteiger partial charge < -0.3 is 4.90 Å². The van der Waals surface area contributed by atoms with Crippen molar-refractivity contribution in [2.45, 2.75) is 0 Å². The highest BCUT2D eigenvalue weighted by Gasteiger charge is 2.26. The molecule has 0 aliphatic heterocycles. The summed E-state index contributed by atoms with van der Waals surface area (Å²) in [6.07, 6.45) is 0. The molecule has 11 aromatic carbocycles. The van der Waals surface area contributed by atoms with Crippen molar-refractivity contribution in [1.29, 1.82) is 0 Å². The lowest BCUT2D eigenvalue weighted by atomic mass is 9.83. The minimum absolute atomic E-state index is 1.09. The van der Waals surface area contributed by atoms with Gasteiger partial charge in [-0.1, -0.05) is 206 Å². The number of fused-ring (bicyclic) bond motifs is 5. The average Bonchev–Trinajstić information content (AvgIpc) is 3.32. The lowest BCUT2D eigenvalue weighted by molar-refractivity contribution is 1.30. The molecule has 59 heavy (non-hydrogen) atoms. The highest BCUT2D eigenvalue weighted by Crippen LogP contribution is 2.52. The first-order valence-corrected chi connectivity index (χ1v) is 20.4. The maximum Gasteiger partial charge on any atom is 0.0546 e. The summed E-state index contributed by atoms with van der Waals surface area (Å²) < 4.78 is 0. The second-order valence-corrected chi connectivity index (χ2v) is 15.2. The number of benzene rings is 11. The molecule has 0 N–H and O–H groups in total. The van der Waals surface area contributed by atoms with Crippen LogP contribution in [0.5, 0.6) is 0 Å². The molecule has 0 spiro atoms. The second-order valence-electron chi connectivity index (χ2n) is 15.2. The number of hydrogen-bond donors (Lipinski definition) is 0. The molecule has 276 valence electrons. The van der Waals surface area contributed by atoms with E-state index in [-0.39, 0.29) is 0 Å². The summed E-state index contributed by atoms with van der Waals surface area (Å²) in [6, 6.07) is 86.4. The topological polar surface area (TPSA) is 3.24 Å². The summed E-state index contributed by atoms with van der Waals surface area (Å²) >= 11 is 0. The van der Waals surface area contributed by atoms with Gasteiger partial charge in [-0.05, 0) is 107 Å². The van der Waals surface area contributed by atoms with E-state index in [9.17, 15) is 0 Å². The molecule has 0 aromatic heterocycles. The van der Waals surface area contributed by atoms with Crippen molar-refractivity contribution in [1.82, 2.24) is 0 Å². The van der Waals surface area contributed by atoms with Crippen molar-refractivity contribution >= 4 is 60.2 Å². The monoisotopic (exact) mass is 749 g/mol. The largest absolute Gasteiger partial charge is 0.309 e. The first-order valence-electron chi connectivity index (χ1n) is 20.4. The van der Waals surface area contributed by atoms with Crippen LogP contribution >= 0.6 is 0 Å². The van der Waals surface area contributed by atoms with Gasteiger partial charge in [-0.3, -0.25) is 0 Å². The molecule has 11 rings (SSSR count). The Balaban J connectivity index is 1.25. The zero-order valence-electron chi connectivity index (χ0n) is 32.5. The summed E-state index contributed by atoms with van der Waals surface area (Å²) in [6.45, 7) is 0. The Morgan fingerprint density at radius 3 is 1.42 bits per heavy atom. The molecular weight excluding hydrogens is 711 g/mol. The average molecular weight is 750 g/mol. The van der Waals surface area contributed by atoms with Gasteiger partial charge in [-0.15, -0.1) is 0 Å². The third-order valence-electron chi connectivity index (χ3n) is 11.8. The van der Waals surface area contributed by atoms with E-state index in [1.165, 1.54) is 82.0 Å². The van der Waals surface area contributed by atoms with Gasteiger partial charge in [0.15, 0.2) is 0 Å². The van der Waals surface area contributed by atoms with Crippen LogP contribution in [-0.4, -0.2) is 0 Å². The third kappa shape index (κ3) is 5.95. The maximum atomic E-state index is 2.48. The predicted molar refractivity (Wildman–Crippen MR) is 253 cm³/mol. The lowest BCUT2D eigenvalue weighted by Crippen LogP contribution is -2.13. The van der Waals surface area contributed by atoms with Crippen LogP contribution < -0.4 is 4.90 Å². The van der Waals surface area contributed by atoms with Crippen molar-refractivity contribution in [2.24, 2.45) is 0 Å². The van der Waals surface area contributed by atoms with Crippen molar-refractivity contribution in [3.8, 4) is 44.5 Å². The van der Waals surface area contributed by atoms with Crippen LogP contribution in [0.4, 0.5) is 17.1 Å². The Morgan fingerprint density at radius 1 is 0.237 bits per heavy atom. The summed E-state index contributed by atoms with van der Waals surface area (Å²) in [5, 5.41) is 9.89. The third-order valence-corrected chi connectivity index (χ3v) is 11.8. The summed E-state index contributed by atoms with van der Waals surface area (Å²) in [5.41, 5.74) is 12.9. The summed E-state index contributed by atoms with van der Waals surface area (Å²) in [4.78, 5) is 2.48. The Hall–Kier alpha value is -7.74. The predicted octanol–water partition coefficient (Wildman–Crippen LogP) is 16.4. The molecule has 0 bridgehead atoms. The zero-order valence-corrected chi connectivity index (χ0v) is 32.5. The van der Waals surface area contributed by atoms with Gasteiger partial charge in [-0.2, -0.15) is 0 Å². The van der Waals surface area contributed by atoms with Gasteiger partial charge >= 0.3 is 0 Å². The molecule has 11 aromatic rings. The molecule has 0 saturated carbocycles. The second kappa shape index (κ2) is 14.6. The fraction of sp³-hybridized carbons (Fsp3) is 0. The van der Waals surface area contributed by atoms with Crippen LogP contribution in [0.3, 0.4) is 0 Å². The Morgan fingerprint density at radius 2 is 0.712 bits per heavy atom. The number of hydrogen-bond acceptors (Lipinski definition) is 1. The number of anilines is 3. The van der Waals surface area contributed by atoms with Crippen LogP contribution in [0.2, 0.25) is 0 Å². The minimum Gasteiger partial charge on any atom is -0.309 e. The molecule has 0 fully saturated rings. The minimum atomic E-state index is 1.09. The number of rotatable bonds is 7. The quantitative estimate of drug-likeness (QED) is 0.147. The summed E-state index contributed by atoms with van der Waals surface area (Å²) in [5.74, 6) is 0. The van der Waals surface area contributed by atoms with Crippen LogP contribution in [0.1, 0.15) is 0 Å². The molecule has 0 radical (unpaired) electrons. The van der Waals surface area contributed by atoms with Crippen LogP contribution in [0.25, 0.3) is 87.6 Å². The first-order chi connectivity index (χ1) is 29.3. The van der Waals surface area contributed by atoms with E-state index >= 15 is 0 Å². The van der Waals surface area contributed by atoms with Crippen molar-refractivity contribution < 1.29 is 0 Å². The molecule has 0 amide bonds. The highest BCUT2D eigenvalue weighted by atomic mass is 15.1. The SMILES string of the molecule is c1ccc(-c2c(-c3cc4ccccc4c4ccccc34)ccc(N(c3ccccc3)c3ccc(-c4cccc5ccccc45)c4ccccc34)c2-c2ccccc2)cc1. The van der Waals surface area contributed by atoms with Gasteiger partial charge in [0, 0.05) is 16.6 Å². The Bertz CT molecular complexity index is 3310. The zero-order chi connectivity index (χ0) is 39.1. The van der Waals surface area contributed by atoms with Crippen LogP contribution in [0, 0.1) is 0 Å². The molecule has 0 aliphatic rings. The van der Waals surface area contributed by atoms with Crippen LogP contribution in [-0.2, 0) is 0 Å². The van der Waals surface area contributed by atoms with E-state index in [0.29, 0.717) is 0 Å². The smallest absolute Gasteiger partial charge is 0.0546 e. The molecule has 0 heterocycles. The van der Waals surface area contributed by atoms with E-state index in [1.54, 1.807) is 0 Å². The van der Waals surface area contributed by atoms with E-state index in [1.807, 2.05) is 0 Å². The van der Waals surface area contributed by atoms with E-state index in [0.717, 1.165) is 22.6 Å². The fourth-order valence-corrected chi connectivity index (χ4v) is 9.24. The molecule has 0 aliphatic carbocycles. The van der Waals surface area contributed by atoms with E-state index < -0.39 is 0 Å². The van der Waals surface area contributed by atoms with Crippen molar-refractivity contribution in [3.05, 3.63) is 237 Å². The molecule has 1 nitrogen and oxygen atoms in total. The Kier molecular flexibility index (Phi) is 8.56. The van der Waals surface area contributed by atoms with E-state index in [2.05, 4.69) is 241 Å². The summed E-state index contributed by atoms with van der Waals surface area (Å²) in [7, 11) is 0. The van der Waals surface area contributed by atoms with Crippen molar-refractivity contribution in [2.75, 3.05) is 4.90 Å². The number of nitrogens with zero attached hydrogens (tertiary/aromatic N) is 1. The molecular formula is C58H39N. The van der Waals surface area contributed by atoms with Gasteiger partial charge in [-0.25, -0.2) is 0 Å². The molecule has 0 unspecified atom stereocenters. The fourth-order valence-electron chi connectivity index (χ4n) is 9.24.